The third-order valence-corrected chi connectivity index (χ3v) is 3.83. The van der Waals surface area contributed by atoms with Crippen LogP contribution < -0.4 is 0 Å². The van der Waals surface area contributed by atoms with Crippen molar-refractivity contribution >= 4 is 0 Å². The molecule has 88 valence electrons. The van der Waals surface area contributed by atoms with E-state index in [-0.39, 0.29) is 0 Å². The molecule has 0 bridgehead atoms. The fourth-order valence-corrected chi connectivity index (χ4v) is 2.47. The molecule has 0 aliphatic heterocycles. The molecule has 15 heavy (non-hydrogen) atoms. The zero-order chi connectivity index (χ0) is 11.5. The lowest BCUT2D eigenvalue weighted by atomic mass is 9.85. The molecule has 1 aliphatic rings. The Bertz CT molecular complexity index is 221. The van der Waals surface area contributed by atoms with Crippen molar-refractivity contribution in [3.05, 3.63) is 11.6 Å². The predicted molar refractivity (Wildman–Crippen MR) is 66.0 cm³/mol. The molecule has 0 heterocycles. The Morgan fingerprint density at radius 2 is 2.00 bits per heavy atom. The normalized spacial score (nSPS) is 21.9. The first-order chi connectivity index (χ1) is 7.05. The van der Waals surface area contributed by atoms with Gasteiger partial charge in [-0.1, -0.05) is 31.9 Å². The third kappa shape index (κ3) is 3.07. The maximum Gasteiger partial charge on any atom is 0.0655 e. The predicted octanol–water partition coefficient (Wildman–Crippen LogP) is 4.18. The minimum Gasteiger partial charge on any atom is -0.381 e. The second kappa shape index (κ2) is 5.16. The Morgan fingerprint density at radius 1 is 1.40 bits per heavy atom. The van der Waals surface area contributed by atoms with Gasteiger partial charge in [-0.25, -0.2) is 0 Å². The number of allylic oxidation sites excluding steroid dienone is 2. The Kier molecular flexibility index (Phi) is 4.39. The van der Waals surface area contributed by atoms with Gasteiger partial charge in [0.05, 0.1) is 6.10 Å². The van der Waals surface area contributed by atoms with Crippen LogP contribution in [0.5, 0.6) is 0 Å². The molecule has 2 unspecified atom stereocenters. The largest absolute Gasteiger partial charge is 0.381 e. The van der Waals surface area contributed by atoms with Crippen LogP contribution >= 0.6 is 0 Å². The molecule has 2 atom stereocenters. The molecule has 0 saturated heterocycles. The summed E-state index contributed by atoms with van der Waals surface area (Å²) in [5.74, 6) is 0.683. The van der Waals surface area contributed by atoms with E-state index in [1.54, 1.807) is 0 Å². The molecule has 1 heteroatoms. The van der Waals surface area contributed by atoms with Crippen molar-refractivity contribution in [1.82, 2.24) is 0 Å². The minimum atomic E-state index is 0.457. The van der Waals surface area contributed by atoms with Crippen molar-refractivity contribution in [3.63, 3.8) is 0 Å². The third-order valence-electron chi connectivity index (χ3n) is 3.83. The van der Waals surface area contributed by atoms with Crippen molar-refractivity contribution in [1.29, 1.82) is 0 Å². The summed E-state index contributed by atoms with van der Waals surface area (Å²) in [6.45, 7) is 8.94. The van der Waals surface area contributed by atoms with Crippen LogP contribution in [0.3, 0.4) is 0 Å². The minimum absolute atomic E-state index is 0.457. The summed E-state index contributed by atoms with van der Waals surface area (Å²) < 4.78 is 5.73. The van der Waals surface area contributed by atoms with Crippen LogP contribution in [0, 0.1) is 11.3 Å². The summed E-state index contributed by atoms with van der Waals surface area (Å²) in [5.41, 5.74) is 1.90. The Labute approximate surface area is 94.9 Å². The van der Waals surface area contributed by atoms with Crippen LogP contribution in [0.4, 0.5) is 0 Å². The van der Waals surface area contributed by atoms with E-state index in [2.05, 4.69) is 33.8 Å². The summed E-state index contributed by atoms with van der Waals surface area (Å²) >= 11 is 0. The van der Waals surface area contributed by atoms with Gasteiger partial charge in [0.25, 0.3) is 0 Å². The summed E-state index contributed by atoms with van der Waals surface area (Å²) in [7, 11) is 1.87. The Morgan fingerprint density at radius 3 is 2.33 bits per heavy atom. The van der Waals surface area contributed by atoms with Gasteiger partial charge < -0.3 is 4.74 Å². The molecular weight excluding hydrogens is 184 g/mol. The lowest BCUT2D eigenvalue weighted by Crippen LogP contribution is -2.30. The fourth-order valence-electron chi connectivity index (χ4n) is 2.47. The van der Waals surface area contributed by atoms with Crippen molar-refractivity contribution in [2.24, 2.45) is 11.3 Å². The standard InChI is InChI=1S/C14H26O/c1-6-12(4)13(15-5)14(9-10-14)8-7-11(2)3/h7,12-13H,6,8-10H2,1-5H3. The van der Waals surface area contributed by atoms with E-state index >= 15 is 0 Å². The second-order valence-corrected chi connectivity index (χ2v) is 5.39. The van der Waals surface area contributed by atoms with Gasteiger partial charge in [0.15, 0.2) is 0 Å². The smallest absolute Gasteiger partial charge is 0.0655 e. The van der Waals surface area contributed by atoms with E-state index in [1.165, 1.54) is 31.3 Å². The van der Waals surface area contributed by atoms with Crippen LogP contribution in [0.2, 0.25) is 0 Å². The van der Waals surface area contributed by atoms with Crippen molar-refractivity contribution in [2.75, 3.05) is 7.11 Å². The number of ether oxygens (including phenoxy) is 1. The van der Waals surface area contributed by atoms with Crippen molar-refractivity contribution in [3.8, 4) is 0 Å². The van der Waals surface area contributed by atoms with Crippen molar-refractivity contribution in [2.45, 2.75) is 59.5 Å². The Balaban J connectivity index is 2.62. The van der Waals surface area contributed by atoms with Crippen LogP contribution in [0.1, 0.15) is 53.4 Å². The number of rotatable bonds is 6. The quantitative estimate of drug-likeness (QED) is 0.597. The summed E-state index contributed by atoms with van der Waals surface area (Å²) in [6.07, 6.45) is 7.95. The van der Waals surface area contributed by atoms with Gasteiger partial charge in [-0.3, -0.25) is 0 Å². The average Bonchev–Trinajstić information content (AvgIpc) is 2.97. The van der Waals surface area contributed by atoms with Gasteiger partial charge in [-0.05, 0) is 39.0 Å². The van der Waals surface area contributed by atoms with Gasteiger partial charge in [-0.15, -0.1) is 0 Å². The highest BCUT2D eigenvalue weighted by Crippen LogP contribution is 2.55. The van der Waals surface area contributed by atoms with Crippen LogP contribution in [-0.4, -0.2) is 13.2 Å². The first-order valence-electron chi connectivity index (χ1n) is 6.22. The molecule has 0 radical (unpaired) electrons. The molecule has 0 spiro atoms. The van der Waals surface area contributed by atoms with Gasteiger partial charge in [-0.2, -0.15) is 0 Å². The fraction of sp³-hybridized carbons (Fsp3) is 0.857. The molecule has 1 saturated carbocycles. The zero-order valence-electron chi connectivity index (χ0n) is 11.0. The molecule has 1 fully saturated rings. The highest BCUT2D eigenvalue weighted by atomic mass is 16.5. The second-order valence-electron chi connectivity index (χ2n) is 5.39. The molecular formula is C14H26O. The first kappa shape index (κ1) is 12.8. The lowest BCUT2D eigenvalue weighted by Gasteiger charge is -2.30. The molecule has 1 rings (SSSR count). The highest BCUT2D eigenvalue weighted by Gasteiger charge is 2.50. The topological polar surface area (TPSA) is 9.23 Å². The SMILES string of the molecule is CCC(C)C(OC)C1(CC=C(C)C)CC1. The van der Waals surface area contributed by atoms with Crippen LogP contribution in [0.15, 0.2) is 11.6 Å². The maximum absolute atomic E-state index is 5.73. The molecule has 0 aromatic carbocycles. The van der Waals surface area contributed by atoms with E-state index in [4.69, 9.17) is 4.74 Å². The summed E-state index contributed by atoms with van der Waals surface area (Å²) in [4.78, 5) is 0. The van der Waals surface area contributed by atoms with Gasteiger partial charge in [0.1, 0.15) is 0 Å². The summed E-state index contributed by atoms with van der Waals surface area (Å²) in [5, 5.41) is 0. The molecule has 1 nitrogen and oxygen atoms in total. The summed E-state index contributed by atoms with van der Waals surface area (Å²) in [6, 6.07) is 0. The first-order valence-corrected chi connectivity index (χ1v) is 6.22. The van der Waals surface area contributed by atoms with Crippen molar-refractivity contribution < 1.29 is 4.74 Å². The van der Waals surface area contributed by atoms with E-state index < -0.39 is 0 Å². The van der Waals surface area contributed by atoms with E-state index in [0.29, 0.717) is 17.4 Å². The van der Waals surface area contributed by atoms with Crippen LogP contribution in [-0.2, 0) is 4.74 Å². The van der Waals surface area contributed by atoms with E-state index in [9.17, 15) is 0 Å². The Hall–Kier alpha value is -0.300. The molecule has 0 amide bonds. The monoisotopic (exact) mass is 210 g/mol. The maximum atomic E-state index is 5.73. The zero-order valence-corrected chi connectivity index (χ0v) is 11.0. The molecule has 0 aromatic rings. The number of methoxy groups -OCH3 is 1. The lowest BCUT2D eigenvalue weighted by molar-refractivity contribution is -0.000511. The van der Waals surface area contributed by atoms with E-state index in [1.807, 2.05) is 7.11 Å². The van der Waals surface area contributed by atoms with E-state index in [0.717, 1.165) is 0 Å². The van der Waals surface area contributed by atoms with Gasteiger partial charge in [0.2, 0.25) is 0 Å². The average molecular weight is 210 g/mol. The van der Waals surface area contributed by atoms with Crippen LogP contribution in [0.25, 0.3) is 0 Å². The van der Waals surface area contributed by atoms with Gasteiger partial charge >= 0.3 is 0 Å². The number of hydrogen-bond acceptors (Lipinski definition) is 1. The molecule has 0 aromatic heterocycles. The molecule has 0 N–H and O–H groups in total. The molecule has 1 aliphatic carbocycles. The van der Waals surface area contributed by atoms with Gasteiger partial charge in [0, 0.05) is 12.5 Å². The number of hydrogen-bond donors (Lipinski definition) is 0. The highest BCUT2D eigenvalue weighted by molar-refractivity contribution is 5.07.